The van der Waals surface area contributed by atoms with Gasteiger partial charge in [0.15, 0.2) is 0 Å². The van der Waals surface area contributed by atoms with Crippen LogP contribution in [0.25, 0.3) is 0 Å². The van der Waals surface area contributed by atoms with E-state index in [1.165, 1.54) is 6.33 Å². The largest absolute Gasteiger partial charge is 0.364 e. The van der Waals surface area contributed by atoms with Crippen molar-refractivity contribution in [2.24, 2.45) is 5.92 Å². The van der Waals surface area contributed by atoms with Crippen molar-refractivity contribution in [2.45, 2.75) is 27.2 Å². The lowest BCUT2D eigenvalue weighted by atomic mass is 10.1. The lowest BCUT2D eigenvalue weighted by molar-refractivity contribution is -0.383. The molecule has 1 heterocycles. The van der Waals surface area contributed by atoms with Gasteiger partial charge in [0.1, 0.15) is 6.33 Å². The van der Waals surface area contributed by atoms with E-state index in [-0.39, 0.29) is 17.3 Å². The van der Waals surface area contributed by atoms with Crippen molar-refractivity contribution in [3.8, 4) is 0 Å². The van der Waals surface area contributed by atoms with E-state index in [9.17, 15) is 10.1 Å². The summed E-state index contributed by atoms with van der Waals surface area (Å²) < 4.78 is 0. The Morgan fingerprint density at radius 3 is 2.44 bits per heavy atom. The third-order valence-corrected chi connectivity index (χ3v) is 2.36. The monoisotopic (exact) mass is 253 g/mol. The van der Waals surface area contributed by atoms with Gasteiger partial charge >= 0.3 is 5.69 Å². The Morgan fingerprint density at radius 2 is 1.94 bits per heavy atom. The van der Waals surface area contributed by atoms with E-state index in [0.29, 0.717) is 19.0 Å². The maximum Gasteiger partial charge on any atom is 0.353 e. The second-order valence-electron chi connectivity index (χ2n) is 4.32. The Hall–Kier alpha value is -1.92. The minimum Gasteiger partial charge on any atom is -0.364 e. The highest BCUT2D eigenvalue weighted by Crippen LogP contribution is 2.28. The van der Waals surface area contributed by atoms with Crippen molar-refractivity contribution in [2.75, 3.05) is 23.7 Å². The van der Waals surface area contributed by atoms with Gasteiger partial charge in [-0.2, -0.15) is 0 Å². The van der Waals surface area contributed by atoms with E-state index >= 15 is 0 Å². The number of hydrogen-bond acceptors (Lipinski definition) is 6. The van der Waals surface area contributed by atoms with Gasteiger partial charge in [0.05, 0.1) is 4.92 Å². The van der Waals surface area contributed by atoms with Crippen LogP contribution < -0.4 is 10.6 Å². The molecule has 0 amide bonds. The van der Waals surface area contributed by atoms with Crippen LogP contribution in [0.2, 0.25) is 0 Å². The van der Waals surface area contributed by atoms with Gasteiger partial charge in [-0.05, 0) is 19.3 Å². The second kappa shape index (κ2) is 6.73. The van der Waals surface area contributed by atoms with Crippen molar-refractivity contribution in [1.29, 1.82) is 0 Å². The highest BCUT2D eigenvalue weighted by atomic mass is 16.6. The van der Waals surface area contributed by atoms with Crippen molar-refractivity contribution in [3.05, 3.63) is 16.4 Å². The predicted molar refractivity (Wildman–Crippen MR) is 70.8 cm³/mol. The first-order valence-electron chi connectivity index (χ1n) is 6.03. The Kier molecular flexibility index (Phi) is 5.29. The molecule has 0 unspecified atom stereocenters. The van der Waals surface area contributed by atoms with E-state index in [1.54, 1.807) is 0 Å². The van der Waals surface area contributed by atoms with Gasteiger partial charge in [-0.15, -0.1) is 0 Å². The minimum atomic E-state index is -0.463. The van der Waals surface area contributed by atoms with Crippen LogP contribution in [0.5, 0.6) is 0 Å². The summed E-state index contributed by atoms with van der Waals surface area (Å²) in [6.07, 6.45) is 2.25. The fraction of sp³-hybridized carbons (Fsp3) is 0.636. The molecule has 7 heteroatoms. The molecule has 0 saturated heterocycles. The first kappa shape index (κ1) is 14.1. The molecule has 0 aliphatic heterocycles. The van der Waals surface area contributed by atoms with Crippen molar-refractivity contribution >= 4 is 17.3 Å². The van der Waals surface area contributed by atoms with E-state index in [2.05, 4.69) is 34.4 Å². The molecule has 0 atom stereocenters. The SMILES string of the molecule is CCNc1ncnc(NCCC(C)C)c1[N+](=O)[O-]. The van der Waals surface area contributed by atoms with Crippen LogP contribution in [0.4, 0.5) is 17.3 Å². The molecule has 0 spiro atoms. The van der Waals surface area contributed by atoms with Crippen LogP contribution in [0.3, 0.4) is 0 Å². The van der Waals surface area contributed by atoms with Gasteiger partial charge < -0.3 is 10.6 Å². The number of nitrogens with zero attached hydrogens (tertiary/aromatic N) is 3. The normalized spacial score (nSPS) is 10.4. The minimum absolute atomic E-state index is 0.0943. The Balaban J connectivity index is 2.88. The number of rotatable bonds is 7. The standard InChI is InChI=1S/C11H19N5O2/c1-4-12-10-9(16(17)18)11(15-7-14-10)13-6-5-8(2)3/h7-8H,4-6H2,1-3H3,(H2,12,13,14,15). The molecule has 1 aromatic rings. The summed E-state index contributed by atoms with van der Waals surface area (Å²) in [5.41, 5.74) is -0.0943. The Labute approximate surface area is 106 Å². The molecule has 0 saturated carbocycles. The third kappa shape index (κ3) is 3.83. The van der Waals surface area contributed by atoms with E-state index in [0.717, 1.165) is 6.42 Å². The number of anilines is 2. The van der Waals surface area contributed by atoms with E-state index in [4.69, 9.17) is 0 Å². The quantitative estimate of drug-likeness (QED) is 0.572. The molecule has 0 aliphatic rings. The molecule has 0 aliphatic carbocycles. The molecule has 0 radical (unpaired) electrons. The maximum atomic E-state index is 11.1. The van der Waals surface area contributed by atoms with Crippen LogP contribution in [0.1, 0.15) is 27.2 Å². The summed E-state index contributed by atoms with van der Waals surface area (Å²) in [5.74, 6) is 1.06. The smallest absolute Gasteiger partial charge is 0.353 e. The molecule has 2 N–H and O–H groups in total. The summed E-state index contributed by atoms with van der Waals surface area (Å²) in [6, 6.07) is 0. The third-order valence-electron chi connectivity index (χ3n) is 2.36. The van der Waals surface area contributed by atoms with Crippen LogP contribution in [0.15, 0.2) is 6.33 Å². The average Bonchev–Trinajstić information content (AvgIpc) is 2.28. The number of hydrogen-bond donors (Lipinski definition) is 2. The summed E-state index contributed by atoms with van der Waals surface area (Å²) in [6.45, 7) is 7.28. The fourth-order valence-electron chi connectivity index (χ4n) is 1.46. The van der Waals surface area contributed by atoms with E-state index in [1.807, 2.05) is 6.92 Å². The van der Waals surface area contributed by atoms with Crippen molar-refractivity contribution in [1.82, 2.24) is 9.97 Å². The molecule has 7 nitrogen and oxygen atoms in total. The maximum absolute atomic E-state index is 11.1. The predicted octanol–water partition coefficient (Wildman–Crippen LogP) is 2.27. The number of nitro groups is 1. The van der Waals surface area contributed by atoms with Gasteiger partial charge in [-0.25, -0.2) is 9.97 Å². The van der Waals surface area contributed by atoms with E-state index < -0.39 is 4.92 Å². The number of nitrogens with one attached hydrogen (secondary N) is 2. The zero-order chi connectivity index (χ0) is 13.5. The summed E-state index contributed by atoms with van der Waals surface area (Å²) in [4.78, 5) is 18.4. The van der Waals surface area contributed by atoms with Crippen LogP contribution in [-0.4, -0.2) is 28.0 Å². The molecular formula is C11H19N5O2. The Morgan fingerprint density at radius 1 is 1.33 bits per heavy atom. The first-order valence-corrected chi connectivity index (χ1v) is 6.03. The van der Waals surface area contributed by atoms with Crippen molar-refractivity contribution in [3.63, 3.8) is 0 Å². The lowest BCUT2D eigenvalue weighted by Gasteiger charge is -2.09. The van der Waals surface area contributed by atoms with Gasteiger partial charge in [0.25, 0.3) is 0 Å². The van der Waals surface area contributed by atoms with Crippen LogP contribution in [0, 0.1) is 16.0 Å². The van der Waals surface area contributed by atoms with Gasteiger partial charge in [0.2, 0.25) is 11.6 Å². The van der Waals surface area contributed by atoms with Crippen molar-refractivity contribution < 1.29 is 4.92 Å². The molecule has 0 bridgehead atoms. The topological polar surface area (TPSA) is 93.0 Å². The molecule has 1 rings (SSSR count). The second-order valence-corrected chi connectivity index (χ2v) is 4.32. The molecule has 0 fully saturated rings. The molecular weight excluding hydrogens is 234 g/mol. The molecule has 1 aromatic heterocycles. The molecule has 0 aromatic carbocycles. The highest BCUT2D eigenvalue weighted by molar-refractivity contribution is 5.69. The zero-order valence-electron chi connectivity index (χ0n) is 10.9. The number of aromatic nitrogens is 2. The van der Waals surface area contributed by atoms with Gasteiger partial charge in [-0.1, -0.05) is 13.8 Å². The van der Waals surface area contributed by atoms with Crippen LogP contribution >= 0.6 is 0 Å². The zero-order valence-corrected chi connectivity index (χ0v) is 10.9. The molecule has 100 valence electrons. The van der Waals surface area contributed by atoms with Gasteiger partial charge in [-0.3, -0.25) is 10.1 Å². The molecule has 18 heavy (non-hydrogen) atoms. The summed E-state index contributed by atoms with van der Waals surface area (Å²) in [7, 11) is 0. The summed E-state index contributed by atoms with van der Waals surface area (Å²) >= 11 is 0. The van der Waals surface area contributed by atoms with Gasteiger partial charge in [0, 0.05) is 13.1 Å². The summed E-state index contributed by atoms with van der Waals surface area (Å²) in [5, 5.41) is 16.9. The average molecular weight is 253 g/mol. The lowest BCUT2D eigenvalue weighted by Crippen LogP contribution is -2.11. The van der Waals surface area contributed by atoms with Crippen LogP contribution in [-0.2, 0) is 0 Å². The Bertz CT molecular complexity index is 408. The first-order chi connectivity index (χ1) is 8.56. The fourth-order valence-corrected chi connectivity index (χ4v) is 1.46. The highest BCUT2D eigenvalue weighted by Gasteiger charge is 2.22.